The van der Waals surface area contributed by atoms with Gasteiger partial charge in [-0.2, -0.15) is 0 Å². The number of carbonyl (C=O) groups excluding carboxylic acids is 2. The molecule has 27 heavy (non-hydrogen) atoms. The van der Waals surface area contributed by atoms with Crippen molar-refractivity contribution >= 4 is 27.5 Å². The molecule has 0 fully saturated rings. The fraction of sp³-hybridized carbons (Fsp3) is 0.222. The first-order valence-electron chi connectivity index (χ1n) is 8.11. The summed E-state index contributed by atoms with van der Waals surface area (Å²) < 4.78 is 31.9. The normalized spacial score (nSPS) is 10.9. The molecule has 0 aromatic heterocycles. The topological polar surface area (TPSA) is 114 Å². The molecule has 0 aliphatic rings. The van der Waals surface area contributed by atoms with E-state index < -0.39 is 10.0 Å². The highest BCUT2D eigenvalue weighted by Crippen LogP contribution is 2.14. The molecule has 0 aliphatic carbocycles. The predicted octanol–water partition coefficient (Wildman–Crippen LogP) is 1.36. The molecule has 2 aromatic rings. The van der Waals surface area contributed by atoms with Gasteiger partial charge in [-0.25, -0.2) is 13.1 Å². The smallest absolute Gasteiger partial charge is 0.251 e. The van der Waals surface area contributed by atoms with E-state index in [1.54, 1.807) is 24.3 Å². The van der Waals surface area contributed by atoms with Gasteiger partial charge in [0.1, 0.15) is 5.75 Å². The second-order valence-electron chi connectivity index (χ2n) is 5.59. The zero-order valence-corrected chi connectivity index (χ0v) is 15.8. The molecular formula is C18H21N3O5S. The van der Waals surface area contributed by atoms with Crippen LogP contribution in [0.5, 0.6) is 5.75 Å². The number of sulfonamides is 1. The fourth-order valence-corrected chi connectivity index (χ4v) is 3.24. The Morgan fingerprint density at radius 2 is 1.59 bits per heavy atom. The first-order chi connectivity index (χ1) is 12.8. The molecule has 9 heteroatoms. The fourth-order valence-electron chi connectivity index (χ4n) is 2.21. The number of carbonyl (C=O) groups is 2. The Kier molecular flexibility index (Phi) is 6.91. The second kappa shape index (κ2) is 9.15. The van der Waals surface area contributed by atoms with Crippen molar-refractivity contribution in [3.8, 4) is 5.75 Å². The maximum atomic E-state index is 12.2. The summed E-state index contributed by atoms with van der Waals surface area (Å²) in [7, 11) is -2.17. The maximum Gasteiger partial charge on any atom is 0.251 e. The van der Waals surface area contributed by atoms with Gasteiger partial charge in [0, 0.05) is 31.3 Å². The van der Waals surface area contributed by atoms with Crippen LogP contribution in [0, 0.1) is 0 Å². The molecule has 0 saturated carbocycles. The summed E-state index contributed by atoms with van der Waals surface area (Å²) in [6.07, 6.45) is 0. The number of benzene rings is 2. The molecule has 0 aliphatic heterocycles. The summed E-state index contributed by atoms with van der Waals surface area (Å²) in [5, 5.41) is 5.20. The van der Waals surface area contributed by atoms with Gasteiger partial charge in [-0.15, -0.1) is 0 Å². The Bertz CT molecular complexity index is 894. The van der Waals surface area contributed by atoms with Gasteiger partial charge in [0.2, 0.25) is 15.9 Å². The van der Waals surface area contributed by atoms with E-state index in [-0.39, 0.29) is 29.8 Å². The molecule has 0 heterocycles. The predicted molar refractivity (Wildman–Crippen MR) is 101 cm³/mol. The lowest BCUT2D eigenvalue weighted by Crippen LogP contribution is -2.34. The summed E-state index contributed by atoms with van der Waals surface area (Å²) in [5.41, 5.74) is 0.959. The lowest BCUT2D eigenvalue weighted by Gasteiger charge is -2.09. The molecule has 0 radical (unpaired) electrons. The maximum absolute atomic E-state index is 12.2. The number of amides is 2. The van der Waals surface area contributed by atoms with Crippen molar-refractivity contribution in [3.63, 3.8) is 0 Å². The standard InChI is InChI=1S/C18H21N3O5S/c1-13(22)21-15-5-9-17(10-6-15)27(24,25)20-12-11-19-18(23)14-3-7-16(26-2)8-4-14/h3-10,20H,11-12H2,1-2H3,(H,19,23)(H,21,22). The van der Waals surface area contributed by atoms with E-state index in [1.165, 1.54) is 38.3 Å². The van der Waals surface area contributed by atoms with Crippen LogP contribution in [0.4, 0.5) is 5.69 Å². The molecule has 3 N–H and O–H groups in total. The highest BCUT2D eigenvalue weighted by molar-refractivity contribution is 7.89. The molecule has 2 amide bonds. The number of methoxy groups -OCH3 is 1. The van der Waals surface area contributed by atoms with Crippen LogP contribution >= 0.6 is 0 Å². The monoisotopic (exact) mass is 391 g/mol. The van der Waals surface area contributed by atoms with Gasteiger partial charge in [-0.1, -0.05) is 0 Å². The van der Waals surface area contributed by atoms with Crippen LogP contribution in [-0.2, 0) is 14.8 Å². The molecule has 0 atom stereocenters. The first-order valence-corrected chi connectivity index (χ1v) is 9.60. The summed E-state index contributed by atoms with van der Waals surface area (Å²) in [6.45, 7) is 1.54. The highest BCUT2D eigenvalue weighted by atomic mass is 32.2. The lowest BCUT2D eigenvalue weighted by molar-refractivity contribution is -0.114. The van der Waals surface area contributed by atoms with Crippen molar-refractivity contribution in [2.45, 2.75) is 11.8 Å². The minimum absolute atomic E-state index is 0.0394. The Hall–Kier alpha value is -2.91. The van der Waals surface area contributed by atoms with Crippen molar-refractivity contribution in [1.82, 2.24) is 10.0 Å². The molecule has 0 saturated heterocycles. The average Bonchev–Trinajstić information content (AvgIpc) is 2.65. The van der Waals surface area contributed by atoms with E-state index in [9.17, 15) is 18.0 Å². The molecular weight excluding hydrogens is 370 g/mol. The van der Waals surface area contributed by atoms with E-state index in [2.05, 4.69) is 15.4 Å². The Morgan fingerprint density at radius 1 is 0.963 bits per heavy atom. The van der Waals surface area contributed by atoms with Crippen LogP contribution in [0.2, 0.25) is 0 Å². The molecule has 2 aromatic carbocycles. The van der Waals surface area contributed by atoms with Crippen molar-refractivity contribution in [1.29, 1.82) is 0 Å². The van der Waals surface area contributed by atoms with Gasteiger partial charge in [0.25, 0.3) is 5.91 Å². The van der Waals surface area contributed by atoms with Crippen molar-refractivity contribution in [3.05, 3.63) is 54.1 Å². The van der Waals surface area contributed by atoms with E-state index in [4.69, 9.17) is 4.74 Å². The minimum Gasteiger partial charge on any atom is -0.497 e. The van der Waals surface area contributed by atoms with Crippen LogP contribution in [0.25, 0.3) is 0 Å². The van der Waals surface area contributed by atoms with E-state index in [0.717, 1.165) is 0 Å². The van der Waals surface area contributed by atoms with Crippen LogP contribution in [0.1, 0.15) is 17.3 Å². The van der Waals surface area contributed by atoms with Gasteiger partial charge < -0.3 is 15.4 Å². The zero-order valence-electron chi connectivity index (χ0n) is 15.0. The van der Waals surface area contributed by atoms with Crippen LogP contribution in [-0.4, -0.2) is 40.4 Å². The van der Waals surface area contributed by atoms with Gasteiger partial charge in [0.05, 0.1) is 12.0 Å². The SMILES string of the molecule is COc1ccc(C(=O)NCCNS(=O)(=O)c2ccc(NC(C)=O)cc2)cc1. The van der Waals surface area contributed by atoms with E-state index in [1.807, 2.05) is 0 Å². The van der Waals surface area contributed by atoms with Gasteiger partial charge in [-0.05, 0) is 48.5 Å². The molecule has 8 nitrogen and oxygen atoms in total. The third-order valence-corrected chi connectivity index (χ3v) is 5.02. The molecule has 144 valence electrons. The van der Waals surface area contributed by atoms with Gasteiger partial charge in [-0.3, -0.25) is 9.59 Å². The van der Waals surface area contributed by atoms with Gasteiger partial charge in [0.15, 0.2) is 0 Å². The van der Waals surface area contributed by atoms with Crippen LogP contribution in [0.3, 0.4) is 0 Å². The van der Waals surface area contributed by atoms with E-state index >= 15 is 0 Å². The number of rotatable bonds is 8. The molecule has 0 unspecified atom stereocenters. The van der Waals surface area contributed by atoms with E-state index in [0.29, 0.717) is 17.0 Å². The number of anilines is 1. The Morgan fingerprint density at radius 3 is 2.15 bits per heavy atom. The number of nitrogens with one attached hydrogen (secondary N) is 3. The van der Waals surface area contributed by atoms with Gasteiger partial charge >= 0.3 is 0 Å². The average molecular weight is 391 g/mol. The summed E-state index contributed by atoms with van der Waals surface area (Å²) in [5.74, 6) is 0.0941. The number of hydrogen-bond donors (Lipinski definition) is 3. The van der Waals surface area contributed by atoms with Crippen molar-refractivity contribution < 1.29 is 22.7 Å². The quantitative estimate of drug-likeness (QED) is 0.588. The molecule has 2 rings (SSSR count). The highest BCUT2D eigenvalue weighted by Gasteiger charge is 2.13. The number of ether oxygens (including phenoxy) is 1. The third-order valence-electron chi connectivity index (χ3n) is 3.54. The lowest BCUT2D eigenvalue weighted by atomic mass is 10.2. The summed E-state index contributed by atoms with van der Waals surface area (Å²) >= 11 is 0. The second-order valence-corrected chi connectivity index (χ2v) is 7.35. The molecule has 0 spiro atoms. The van der Waals surface area contributed by atoms with Crippen LogP contribution in [0.15, 0.2) is 53.4 Å². The minimum atomic E-state index is -3.71. The number of hydrogen-bond acceptors (Lipinski definition) is 5. The van der Waals surface area contributed by atoms with Crippen molar-refractivity contribution in [2.24, 2.45) is 0 Å². The summed E-state index contributed by atoms with van der Waals surface area (Å²) in [6, 6.07) is 12.4. The third kappa shape index (κ3) is 6.08. The largest absolute Gasteiger partial charge is 0.497 e. The van der Waals surface area contributed by atoms with Crippen molar-refractivity contribution in [2.75, 3.05) is 25.5 Å². The summed E-state index contributed by atoms with van der Waals surface area (Å²) in [4.78, 5) is 23.0. The Balaban J connectivity index is 1.84. The first kappa shape index (κ1) is 20.4. The molecule has 0 bridgehead atoms. The Labute approximate surface area is 158 Å². The van der Waals surface area contributed by atoms with Crippen LogP contribution < -0.4 is 20.1 Å². The zero-order chi connectivity index (χ0) is 19.9.